The second kappa shape index (κ2) is 7.68. The average Bonchev–Trinajstić information content (AvgIpc) is 2.39. The third-order valence-corrected chi connectivity index (χ3v) is 2.60. The Bertz CT molecular complexity index is 516. The molecule has 7 N–H and O–H groups in total. The third-order valence-electron chi connectivity index (χ3n) is 2.60. The van der Waals surface area contributed by atoms with Crippen LogP contribution in [0.4, 0.5) is 0 Å². The summed E-state index contributed by atoms with van der Waals surface area (Å²) >= 11 is 0. The highest BCUT2D eigenvalue weighted by molar-refractivity contribution is 6.10. The fourth-order valence-corrected chi connectivity index (χ4v) is 1.49. The van der Waals surface area contributed by atoms with Crippen molar-refractivity contribution in [1.29, 1.82) is 5.41 Å². The second-order valence-electron chi connectivity index (χ2n) is 4.16. The number of hydrogen-bond donors (Lipinski definition) is 5. The van der Waals surface area contributed by atoms with Gasteiger partial charge in [0.05, 0.1) is 6.54 Å². The van der Waals surface area contributed by atoms with Gasteiger partial charge in [-0.1, -0.05) is 5.01 Å². The number of hydrazine groups is 1. The Morgan fingerprint density at radius 3 is 2.14 bits per heavy atom. The molecule has 0 aromatic rings. The highest BCUT2D eigenvalue weighted by Crippen LogP contribution is 2.19. The standard InChI is InChI=1S/C6H11N5O3.C4H4O4/c7-4(8)6(9)2-1-3-10(5(6)12)11(13)14;5-3(6)1-2-4(7)8/h1-3,9H2,(H3,7,8);1-2H,(H,5,6)(H,7,8)/b;2-1-. The topological polar surface area (TPSA) is 214 Å². The molecule has 1 aliphatic rings. The van der Waals surface area contributed by atoms with Crippen molar-refractivity contribution in [1.82, 2.24) is 5.01 Å². The van der Waals surface area contributed by atoms with E-state index in [9.17, 15) is 24.5 Å². The normalized spacial score (nSPS) is 21.0. The van der Waals surface area contributed by atoms with E-state index in [4.69, 9.17) is 27.1 Å². The Hall–Kier alpha value is -3.02. The molecule has 12 nitrogen and oxygen atoms in total. The predicted octanol–water partition coefficient (Wildman–Crippen LogP) is -1.85. The molecule has 0 saturated carbocycles. The number of rotatable bonds is 4. The van der Waals surface area contributed by atoms with Crippen molar-refractivity contribution < 1.29 is 29.6 Å². The van der Waals surface area contributed by atoms with Crippen molar-refractivity contribution in [3.63, 3.8) is 0 Å². The van der Waals surface area contributed by atoms with Gasteiger partial charge in [0.2, 0.25) is 0 Å². The molecule has 0 aliphatic carbocycles. The average molecular weight is 317 g/mol. The lowest BCUT2D eigenvalue weighted by molar-refractivity contribution is -0.636. The zero-order chi connectivity index (χ0) is 17.5. The number of carbonyl (C=O) groups is 3. The molecule has 0 aromatic heterocycles. The molecule has 1 rings (SSSR count). The maximum Gasteiger partial charge on any atom is 0.328 e. The number of nitrogens with two attached hydrogens (primary N) is 2. The van der Waals surface area contributed by atoms with Crippen LogP contribution in [0.3, 0.4) is 0 Å². The predicted molar refractivity (Wildman–Crippen MR) is 71.2 cm³/mol. The van der Waals surface area contributed by atoms with Gasteiger partial charge in [-0.05, 0) is 12.8 Å². The van der Waals surface area contributed by atoms with E-state index in [1.54, 1.807) is 0 Å². The molecule has 22 heavy (non-hydrogen) atoms. The molecule has 0 aromatic carbocycles. The number of piperidine rings is 1. The lowest BCUT2D eigenvalue weighted by Crippen LogP contribution is -2.66. The Labute approximate surface area is 123 Å². The Kier molecular flexibility index (Phi) is 6.63. The van der Waals surface area contributed by atoms with Crippen molar-refractivity contribution >= 4 is 23.7 Å². The number of carboxylic acids is 2. The van der Waals surface area contributed by atoms with Gasteiger partial charge in [0.1, 0.15) is 5.84 Å². The van der Waals surface area contributed by atoms with Crippen LogP contribution in [0.5, 0.6) is 0 Å². The molecular weight excluding hydrogens is 302 g/mol. The van der Waals surface area contributed by atoms with Crippen LogP contribution in [0.2, 0.25) is 0 Å². The van der Waals surface area contributed by atoms with Crippen molar-refractivity contribution in [3.05, 3.63) is 22.3 Å². The molecular formula is C10H15N5O7. The van der Waals surface area contributed by atoms with Gasteiger partial charge in [-0.2, -0.15) is 0 Å². The number of nitro groups is 1. The minimum Gasteiger partial charge on any atom is -0.478 e. The lowest BCUT2D eigenvalue weighted by Gasteiger charge is -2.32. The van der Waals surface area contributed by atoms with Crippen LogP contribution in [-0.4, -0.2) is 56.0 Å². The van der Waals surface area contributed by atoms with Crippen LogP contribution in [0.25, 0.3) is 0 Å². The SMILES string of the molecule is N=C(N)C1(N)CCCN([N+](=O)[O-])C1=O.O=C(O)/C=C\C(=O)O. The van der Waals surface area contributed by atoms with Crippen molar-refractivity contribution in [2.75, 3.05) is 6.54 Å². The molecule has 0 bridgehead atoms. The van der Waals surface area contributed by atoms with Gasteiger partial charge in [-0.3, -0.25) is 10.2 Å². The van der Waals surface area contributed by atoms with E-state index in [0.717, 1.165) is 0 Å². The summed E-state index contributed by atoms with van der Waals surface area (Å²) in [7, 11) is 0. The van der Waals surface area contributed by atoms with E-state index in [2.05, 4.69) is 0 Å². The molecule has 1 unspecified atom stereocenters. The van der Waals surface area contributed by atoms with Crippen LogP contribution < -0.4 is 11.5 Å². The number of carboxylic acid groups (broad SMARTS) is 2. The molecule has 1 atom stereocenters. The van der Waals surface area contributed by atoms with Crippen molar-refractivity contribution in [2.24, 2.45) is 11.5 Å². The molecule has 1 aliphatic heterocycles. The molecule has 1 heterocycles. The van der Waals surface area contributed by atoms with Crippen LogP contribution in [0, 0.1) is 15.5 Å². The van der Waals surface area contributed by atoms with Gasteiger partial charge in [-0.15, -0.1) is 0 Å². The van der Waals surface area contributed by atoms with E-state index in [-0.39, 0.29) is 13.0 Å². The summed E-state index contributed by atoms with van der Waals surface area (Å²) in [5, 5.41) is 32.8. The summed E-state index contributed by atoms with van der Waals surface area (Å²) in [5.74, 6) is -3.96. The molecule has 0 radical (unpaired) electrons. The molecule has 12 heteroatoms. The Morgan fingerprint density at radius 1 is 1.36 bits per heavy atom. The molecule has 1 fully saturated rings. The fraction of sp³-hybridized carbons (Fsp3) is 0.400. The van der Waals surface area contributed by atoms with Crippen LogP contribution in [0.15, 0.2) is 12.2 Å². The van der Waals surface area contributed by atoms with Gasteiger partial charge in [-0.25, -0.2) is 19.7 Å². The fourth-order valence-electron chi connectivity index (χ4n) is 1.49. The van der Waals surface area contributed by atoms with E-state index >= 15 is 0 Å². The maximum absolute atomic E-state index is 11.5. The Balaban J connectivity index is 0.000000472. The van der Waals surface area contributed by atoms with E-state index in [1.165, 1.54) is 0 Å². The van der Waals surface area contributed by atoms with Crippen molar-refractivity contribution in [3.8, 4) is 0 Å². The van der Waals surface area contributed by atoms with Gasteiger partial charge >= 0.3 is 17.8 Å². The monoisotopic (exact) mass is 317 g/mol. The summed E-state index contributed by atoms with van der Waals surface area (Å²) in [4.78, 5) is 41.0. The number of amidine groups is 1. The second-order valence-corrected chi connectivity index (χ2v) is 4.16. The maximum atomic E-state index is 11.5. The summed E-state index contributed by atoms with van der Waals surface area (Å²) < 4.78 is 0. The minimum atomic E-state index is -1.70. The Morgan fingerprint density at radius 2 is 1.82 bits per heavy atom. The number of carbonyl (C=O) groups excluding carboxylic acids is 1. The summed E-state index contributed by atoms with van der Waals surface area (Å²) in [5.41, 5.74) is 8.97. The first-order valence-corrected chi connectivity index (χ1v) is 5.76. The van der Waals surface area contributed by atoms with E-state index < -0.39 is 34.3 Å². The first-order chi connectivity index (χ1) is 10.0. The molecule has 1 amide bonds. The van der Waals surface area contributed by atoms with Crippen LogP contribution in [-0.2, 0) is 14.4 Å². The zero-order valence-electron chi connectivity index (χ0n) is 11.3. The summed E-state index contributed by atoms with van der Waals surface area (Å²) in [6.45, 7) is 0.0120. The molecule has 0 spiro atoms. The van der Waals surface area contributed by atoms with Crippen LogP contribution in [0.1, 0.15) is 12.8 Å². The number of nitrogens with one attached hydrogen (secondary N) is 1. The quantitative estimate of drug-likeness (QED) is 0.129. The van der Waals surface area contributed by atoms with Gasteiger partial charge in [0.15, 0.2) is 10.6 Å². The van der Waals surface area contributed by atoms with E-state index in [1.807, 2.05) is 0 Å². The number of nitrogens with zero attached hydrogens (tertiary/aromatic N) is 2. The first kappa shape index (κ1) is 19.0. The summed E-state index contributed by atoms with van der Waals surface area (Å²) in [6, 6.07) is 0. The highest BCUT2D eigenvalue weighted by atomic mass is 16.7. The van der Waals surface area contributed by atoms with Gasteiger partial charge in [0, 0.05) is 12.2 Å². The number of aliphatic carboxylic acids is 2. The smallest absolute Gasteiger partial charge is 0.328 e. The van der Waals surface area contributed by atoms with E-state index in [0.29, 0.717) is 23.6 Å². The lowest BCUT2D eigenvalue weighted by atomic mass is 9.89. The number of amides is 1. The largest absolute Gasteiger partial charge is 0.478 e. The highest BCUT2D eigenvalue weighted by Gasteiger charge is 2.48. The van der Waals surface area contributed by atoms with Gasteiger partial charge in [0.25, 0.3) is 0 Å². The first-order valence-electron chi connectivity index (χ1n) is 5.76. The van der Waals surface area contributed by atoms with Gasteiger partial charge < -0.3 is 21.7 Å². The molecule has 122 valence electrons. The zero-order valence-corrected chi connectivity index (χ0v) is 11.3. The third kappa shape index (κ3) is 5.16. The molecule has 1 saturated heterocycles. The number of hydrogen-bond acceptors (Lipinski definition) is 7. The van der Waals surface area contributed by atoms with Crippen molar-refractivity contribution in [2.45, 2.75) is 18.4 Å². The minimum absolute atomic E-state index is 0.0120. The van der Waals surface area contributed by atoms with Crippen LogP contribution >= 0.6 is 0 Å². The summed E-state index contributed by atoms with van der Waals surface area (Å²) in [6.07, 6.45) is 1.65.